The first-order valence-corrected chi connectivity index (χ1v) is 10.5. The number of rotatable bonds is 3. The van der Waals surface area contributed by atoms with Crippen LogP contribution in [0.5, 0.6) is 0 Å². The third-order valence-corrected chi connectivity index (χ3v) is 7.77. The number of esters is 1. The molecule has 2 aliphatic carbocycles. The average molecular weight is 412 g/mol. The molecule has 8 nitrogen and oxygen atoms in total. The van der Waals surface area contributed by atoms with Gasteiger partial charge in [0, 0.05) is 17.3 Å². The predicted molar refractivity (Wildman–Crippen MR) is 100 cm³/mol. The molecule has 164 valence electrons. The third kappa shape index (κ3) is 3.25. The van der Waals surface area contributed by atoms with Gasteiger partial charge in [0.25, 0.3) is 0 Å². The molecule has 0 aromatic carbocycles. The summed E-state index contributed by atoms with van der Waals surface area (Å²) in [7, 11) is 0. The van der Waals surface area contributed by atoms with Crippen molar-refractivity contribution in [2.24, 2.45) is 23.2 Å². The molecule has 8 heteroatoms. The molecular weight excluding hydrogens is 380 g/mol. The molecule has 3 fully saturated rings. The highest BCUT2D eigenvalue weighted by atomic mass is 16.7. The number of hydrogen-bond donors (Lipinski definition) is 4. The van der Waals surface area contributed by atoms with Crippen LogP contribution in [0.15, 0.2) is 11.6 Å². The first kappa shape index (κ1) is 21.2. The molecule has 0 aromatic heterocycles. The molecule has 4 aliphatic rings. The maximum Gasteiger partial charge on any atom is 0.309 e. The molecule has 0 radical (unpaired) electrons. The Labute approximate surface area is 170 Å². The highest BCUT2D eigenvalue weighted by molar-refractivity contribution is 5.75. The average Bonchev–Trinajstić information content (AvgIpc) is 2.97. The second kappa shape index (κ2) is 7.59. The Morgan fingerprint density at radius 3 is 2.66 bits per heavy atom. The van der Waals surface area contributed by atoms with Crippen LogP contribution in [0.2, 0.25) is 0 Å². The lowest BCUT2D eigenvalue weighted by Gasteiger charge is -2.54. The van der Waals surface area contributed by atoms with Gasteiger partial charge >= 0.3 is 5.97 Å². The number of carbonyl (C=O) groups excluding carboxylic acids is 1. The van der Waals surface area contributed by atoms with Gasteiger partial charge in [-0.1, -0.05) is 25.5 Å². The van der Waals surface area contributed by atoms with Gasteiger partial charge in [-0.3, -0.25) is 4.79 Å². The van der Waals surface area contributed by atoms with E-state index in [4.69, 9.17) is 14.2 Å². The van der Waals surface area contributed by atoms with E-state index in [9.17, 15) is 25.2 Å². The van der Waals surface area contributed by atoms with Crippen LogP contribution >= 0.6 is 0 Å². The van der Waals surface area contributed by atoms with Gasteiger partial charge in [0.05, 0.1) is 18.6 Å². The summed E-state index contributed by atoms with van der Waals surface area (Å²) in [5, 5.41) is 39.9. The molecule has 11 atom stereocenters. The van der Waals surface area contributed by atoms with Gasteiger partial charge in [-0.15, -0.1) is 0 Å². The van der Waals surface area contributed by atoms with Crippen LogP contribution in [-0.2, 0) is 19.0 Å². The molecule has 2 heterocycles. The molecule has 4 N–H and O–H groups in total. The van der Waals surface area contributed by atoms with Gasteiger partial charge in [-0.25, -0.2) is 0 Å². The largest absolute Gasteiger partial charge is 0.461 e. The fraction of sp³-hybridized carbons (Fsp3) is 0.857. The van der Waals surface area contributed by atoms with Crippen molar-refractivity contribution >= 4 is 5.97 Å². The Balaban J connectivity index is 1.57. The Bertz CT molecular complexity index is 678. The SMILES string of the molecule is CC1=CC[C@@H](O[C@@H]2O[C@H](CO)[C@@H](O)[C@H](O)[C@H]2O)[C@]2(C)CC[C@@H]3[C@H](OC(=O)[C@H]3C)[C@@H]12. The summed E-state index contributed by atoms with van der Waals surface area (Å²) in [6, 6.07) is 0. The molecule has 2 saturated heterocycles. The van der Waals surface area contributed by atoms with E-state index in [-0.39, 0.29) is 41.3 Å². The molecule has 29 heavy (non-hydrogen) atoms. The van der Waals surface area contributed by atoms with Crippen molar-refractivity contribution in [3.8, 4) is 0 Å². The highest BCUT2D eigenvalue weighted by Gasteiger charge is 2.59. The van der Waals surface area contributed by atoms with Crippen molar-refractivity contribution in [3.05, 3.63) is 11.6 Å². The zero-order chi connectivity index (χ0) is 21.1. The Hall–Kier alpha value is -1.03. The summed E-state index contributed by atoms with van der Waals surface area (Å²) in [5.74, 6) is -0.0492. The number of carbonyl (C=O) groups is 1. The van der Waals surface area contributed by atoms with Gasteiger partial charge in [0.1, 0.15) is 30.5 Å². The van der Waals surface area contributed by atoms with Crippen molar-refractivity contribution in [2.45, 2.75) is 82.9 Å². The molecule has 0 spiro atoms. The Morgan fingerprint density at radius 1 is 1.24 bits per heavy atom. The lowest BCUT2D eigenvalue weighted by Crippen LogP contribution is -2.61. The molecule has 1 saturated carbocycles. The maximum absolute atomic E-state index is 12.2. The minimum atomic E-state index is -1.47. The summed E-state index contributed by atoms with van der Waals surface area (Å²) in [5.41, 5.74) is 0.848. The van der Waals surface area contributed by atoms with Gasteiger partial charge in [-0.05, 0) is 26.2 Å². The minimum absolute atomic E-state index is 0.0128. The molecule has 0 bridgehead atoms. The molecule has 4 rings (SSSR count). The first-order valence-electron chi connectivity index (χ1n) is 10.5. The van der Waals surface area contributed by atoms with E-state index in [1.165, 1.54) is 5.57 Å². The van der Waals surface area contributed by atoms with Gasteiger partial charge in [-0.2, -0.15) is 0 Å². The van der Waals surface area contributed by atoms with Crippen LogP contribution in [-0.4, -0.2) is 75.9 Å². The minimum Gasteiger partial charge on any atom is -0.461 e. The number of ether oxygens (including phenoxy) is 3. The second-order valence-corrected chi connectivity index (χ2v) is 9.38. The Morgan fingerprint density at radius 2 is 1.97 bits per heavy atom. The number of fused-ring (bicyclic) bond motifs is 3. The van der Waals surface area contributed by atoms with E-state index in [1.54, 1.807) is 0 Å². The zero-order valence-electron chi connectivity index (χ0n) is 17.1. The van der Waals surface area contributed by atoms with E-state index in [2.05, 4.69) is 19.9 Å². The highest BCUT2D eigenvalue weighted by Crippen LogP contribution is 2.57. The zero-order valence-corrected chi connectivity index (χ0v) is 17.1. The lowest BCUT2D eigenvalue weighted by atomic mass is 9.55. The monoisotopic (exact) mass is 412 g/mol. The van der Waals surface area contributed by atoms with E-state index in [0.29, 0.717) is 6.42 Å². The van der Waals surface area contributed by atoms with Crippen LogP contribution in [0.3, 0.4) is 0 Å². The standard InChI is InChI=1S/C21H32O8/c1-9-4-5-13(28-20-17(25)16(24)15(23)12(8-22)27-20)21(3)7-6-11-10(2)19(26)29-18(11)14(9)21/h4,10-18,20,22-25H,5-8H2,1-3H3/t10-,11-,12+,13+,14+,15+,16-,17+,18-,20-,21-/m0/s1. The van der Waals surface area contributed by atoms with E-state index in [1.807, 2.05) is 6.92 Å². The molecule has 0 aromatic rings. The molecular formula is C21H32O8. The summed E-state index contributed by atoms with van der Waals surface area (Å²) in [4.78, 5) is 12.2. The van der Waals surface area contributed by atoms with Crippen molar-refractivity contribution in [3.63, 3.8) is 0 Å². The number of aliphatic hydroxyl groups is 4. The quantitative estimate of drug-likeness (QED) is 0.380. The molecule has 0 unspecified atom stereocenters. The smallest absolute Gasteiger partial charge is 0.309 e. The number of aliphatic hydroxyl groups excluding tert-OH is 4. The van der Waals surface area contributed by atoms with Crippen molar-refractivity contribution < 1.29 is 39.4 Å². The van der Waals surface area contributed by atoms with Crippen LogP contribution in [0.1, 0.15) is 40.0 Å². The van der Waals surface area contributed by atoms with E-state index < -0.39 is 37.3 Å². The van der Waals surface area contributed by atoms with Gasteiger partial charge < -0.3 is 34.6 Å². The van der Waals surface area contributed by atoms with Crippen LogP contribution in [0, 0.1) is 23.2 Å². The van der Waals surface area contributed by atoms with Crippen LogP contribution in [0.25, 0.3) is 0 Å². The fourth-order valence-electron chi connectivity index (χ4n) is 5.91. The molecule has 2 aliphatic heterocycles. The number of hydrogen-bond acceptors (Lipinski definition) is 8. The Kier molecular flexibility index (Phi) is 5.55. The topological polar surface area (TPSA) is 126 Å². The van der Waals surface area contributed by atoms with Crippen molar-refractivity contribution in [1.82, 2.24) is 0 Å². The predicted octanol–water partition coefficient (Wildman–Crippen LogP) is 0.115. The van der Waals surface area contributed by atoms with E-state index in [0.717, 1.165) is 12.8 Å². The van der Waals surface area contributed by atoms with Gasteiger partial charge in [0.2, 0.25) is 0 Å². The summed E-state index contributed by atoms with van der Waals surface area (Å²) in [6.45, 7) is 5.62. The first-order chi connectivity index (χ1) is 13.7. The fourth-order valence-corrected chi connectivity index (χ4v) is 5.91. The van der Waals surface area contributed by atoms with Gasteiger partial charge in [0.15, 0.2) is 6.29 Å². The summed E-state index contributed by atoms with van der Waals surface area (Å²) in [6.07, 6.45) is -2.61. The second-order valence-electron chi connectivity index (χ2n) is 9.38. The van der Waals surface area contributed by atoms with Crippen molar-refractivity contribution in [1.29, 1.82) is 0 Å². The molecule has 0 amide bonds. The van der Waals surface area contributed by atoms with E-state index >= 15 is 0 Å². The maximum atomic E-state index is 12.2. The van der Waals surface area contributed by atoms with Crippen LogP contribution < -0.4 is 0 Å². The van der Waals surface area contributed by atoms with Crippen molar-refractivity contribution in [2.75, 3.05) is 6.61 Å². The normalized spacial score (nSPS) is 52.4. The lowest BCUT2D eigenvalue weighted by molar-refractivity contribution is -0.323. The third-order valence-electron chi connectivity index (χ3n) is 7.77. The van der Waals surface area contributed by atoms with Crippen LogP contribution in [0.4, 0.5) is 0 Å². The summed E-state index contributed by atoms with van der Waals surface area (Å²) >= 11 is 0. The summed E-state index contributed by atoms with van der Waals surface area (Å²) < 4.78 is 17.5.